The number of hydrogen-bond acceptors (Lipinski definition) is 3. The van der Waals surface area contributed by atoms with Crippen LogP contribution in [-0.2, 0) is 5.41 Å². The molecule has 0 bridgehead atoms. The Morgan fingerprint density at radius 2 is 1.90 bits per heavy atom. The predicted octanol–water partition coefficient (Wildman–Crippen LogP) is 4.67. The van der Waals surface area contributed by atoms with Crippen LogP contribution in [0.4, 0.5) is 10.2 Å². The molecule has 21 heavy (non-hydrogen) atoms. The Morgan fingerprint density at radius 3 is 2.52 bits per heavy atom. The van der Waals surface area contributed by atoms with Crippen molar-refractivity contribution in [1.29, 1.82) is 0 Å². The van der Waals surface area contributed by atoms with Crippen LogP contribution in [0, 0.1) is 5.82 Å². The number of anilines is 1. The summed E-state index contributed by atoms with van der Waals surface area (Å²) in [5.74, 6) is 1.07. The molecular formula is C16H19ClFN3. The number of nitrogens with one attached hydrogen (secondary N) is 1. The van der Waals surface area contributed by atoms with Gasteiger partial charge in [-0.05, 0) is 25.1 Å². The third kappa shape index (κ3) is 3.70. The summed E-state index contributed by atoms with van der Waals surface area (Å²) in [5, 5.41) is 3.65. The van der Waals surface area contributed by atoms with Crippen LogP contribution in [-0.4, -0.2) is 16.5 Å². The minimum atomic E-state index is -0.338. The van der Waals surface area contributed by atoms with Crippen molar-refractivity contribution in [2.24, 2.45) is 0 Å². The third-order valence-corrected chi connectivity index (χ3v) is 3.29. The van der Waals surface area contributed by atoms with E-state index in [1.165, 1.54) is 18.2 Å². The highest BCUT2D eigenvalue weighted by molar-refractivity contribution is 6.33. The van der Waals surface area contributed by atoms with Crippen LogP contribution in [0.2, 0.25) is 5.02 Å². The first-order chi connectivity index (χ1) is 9.81. The number of rotatable bonds is 3. The van der Waals surface area contributed by atoms with Crippen LogP contribution >= 0.6 is 11.6 Å². The topological polar surface area (TPSA) is 37.8 Å². The standard InChI is InChI=1S/C16H19ClFN3/c1-5-19-14-9-13(20-15(21-14)16(2,3)4)11-8-10(18)6-7-12(11)17/h6-9H,5H2,1-4H3,(H,19,20,21). The van der Waals surface area contributed by atoms with Crippen LogP contribution in [0.3, 0.4) is 0 Å². The van der Waals surface area contributed by atoms with Gasteiger partial charge in [0.25, 0.3) is 0 Å². The number of aromatic nitrogens is 2. The van der Waals surface area contributed by atoms with Crippen molar-refractivity contribution in [3.63, 3.8) is 0 Å². The Morgan fingerprint density at radius 1 is 1.19 bits per heavy atom. The molecule has 1 N–H and O–H groups in total. The van der Waals surface area contributed by atoms with E-state index in [2.05, 4.69) is 15.3 Å². The van der Waals surface area contributed by atoms with Crippen LogP contribution in [0.25, 0.3) is 11.3 Å². The van der Waals surface area contributed by atoms with Gasteiger partial charge in [-0.15, -0.1) is 0 Å². The number of nitrogens with zero attached hydrogens (tertiary/aromatic N) is 2. The zero-order valence-corrected chi connectivity index (χ0v) is 13.4. The van der Waals surface area contributed by atoms with E-state index in [4.69, 9.17) is 11.6 Å². The van der Waals surface area contributed by atoms with Gasteiger partial charge in [0.2, 0.25) is 0 Å². The van der Waals surface area contributed by atoms with E-state index in [-0.39, 0.29) is 11.2 Å². The quantitative estimate of drug-likeness (QED) is 0.895. The minimum Gasteiger partial charge on any atom is -0.370 e. The molecule has 112 valence electrons. The van der Waals surface area contributed by atoms with Crippen molar-refractivity contribution in [3.8, 4) is 11.3 Å². The summed E-state index contributed by atoms with van der Waals surface area (Å²) in [5.41, 5.74) is 0.985. The van der Waals surface area contributed by atoms with Crippen molar-refractivity contribution in [2.45, 2.75) is 33.1 Å². The highest BCUT2D eigenvalue weighted by Crippen LogP contribution is 2.30. The van der Waals surface area contributed by atoms with E-state index < -0.39 is 0 Å². The lowest BCUT2D eigenvalue weighted by Crippen LogP contribution is -2.17. The fraction of sp³-hybridized carbons (Fsp3) is 0.375. The van der Waals surface area contributed by atoms with Gasteiger partial charge in [-0.2, -0.15) is 0 Å². The Hall–Kier alpha value is -1.68. The monoisotopic (exact) mass is 307 g/mol. The molecule has 5 heteroatoms. The van der Waals surface area contributed by atoms with E-state index in [0.29, 0.717) is 27.9 Å². The molecule has 0 unspecified atom stereocenters. The van der Waals surface area contributed by atoms with Gasteiger partial charge in [-0.1, -0.05) is 32.4 Å². The van der Waals surface area contributed by atoms with Gasteiger partial charge in [0.05, 0.1) is 10.7 Å². The molecule has 0 radical (unpaired) electrons. The highest BCUT2D eigenvalue weighted by atomic mass is 35.5. The number of benzene rings is 1. The Balaban J connectivity index is 2.62. The van der Waals surface area contributed by atoms with Crippen LogP contribution in [0.5, 0.6) is 0 Å². The fourth-order valence-corrected chi connectivity index (χ4v) is 2.10. The first-order valence-corrected chi connectivity index (χ1v) is 7.28. The molecule has 0 aliphatic heterocycles. The predicted molar refractivity (Wildman–Crippen MR) is 85.3 cm³/mol. The van der Waals surface area contributed by atoms with E-state index in [1.54, 1.807) is 6.07 Å². The molecule has 0 aliphatic rings. The SMILES string of the molecule is CCNc1cc(-c2cc(F)ccc2Cl)nc(C(C)(C)C)n1. The molecule has 0 fully saturated rings. The van der Waals surface area contributed by atoms with Gasteiger partial charge in [-0.3, -0.25) is 0 Å². The minimum absolute atomic E-state index is 0.208. The molecule has 0 aliphatic carbocycles. The van der Waals surface area contributed by atoms with Gasteiger partial charge in [0, 0.05) is 23.6 Å². The van der Waals surface area contributed by atoms with E-state index in [9.17, 15) is 4.39 Å². The lowest BCUT2D eigenvalue weighted by atomic mass is 9.95. The zero-order chi connectivity index (χ0) is 15.6. The largest absolute Gasteiger partial charge is 0.370 e. The molecule has 2 rings (SSSR count). The number of hydrogen-bond donors (Lipinski definition) is 1. The second-order valence-corrected chi connectivity index (χ2v) is 6.27. The molecule has 3 nitrogen and oxygen atoms in total. The second kappa shape index (κ2) is 5.98. The van der Waals surface area contributed by atoms with Crippen LogP contribution in [0.15, 0.2) is 24.3 Å². The molecule has 0 atom stereocenters. The molecule has 0 amide bonds. The second-order valence-electron chi connectivity index (χ2n) is 5.87. The summed E-state index contributed by atoms with van der Waals surface area (Å²) in [6, 6.07) is 6.06. The van der Waals surface area contributed by atoms with E-state index in [1.807, 2.05) is 27.7 Å². The Bertz CT molecular complexity index is 650. The van der Waals surface area contributed by atoms with E-state index >= 15 is 0 Å². The maximum atomic E-state index is 13.5. The average molecular weight is 308 g/mol. The summed E-state index contributed by atoms with van der Waals surface area (Å²) >= 11 is 6.18. The van der Waals surface area contributed by atoms with Crippen molar-refractivity contribution in [3.05, 3.63) is 40.9 Å². The summed E-state index contributed by atoms with van der Waals surface area (Å²) < 4.78 is 13.5. The normalized spacial score (nSPS) is 11.5. The highest BCUT2D eigenvalue weighted by Gasteiger charge is 2.20. The van der Waals surface area contributed by atoms with Crippen molar-refractivity contribution in [1.82, 2.24) is 9.97 Å². The van der Waals surface area contributed by atoms with Gasteiger partial charge in [-0.25, -0.2) is 14.4 Å². The molecule has 0 saturated heterocycles. The summed E-state index contributed by atoms with van der Waals surface area (Å²) in [6.07, 6.45) is 0. The summed E-state index contributed by atoms with van der Waals surface area (Å²) in [6.45, 7) is 8.85. The summed E-state index contributed by atoms with van der Waals surface area (Å²) in [7, 11) is 0. The van der Waals surface area contributed by atoms with Crippen LogP contribution in [0.1, 0.15) is 33.5 Å². The lowest BCUT2D eigenvalue weighted by Gasteiger charge is -2.19. The Labute approximate surface area is 129 Å². The third-order valence-electron chi connectivity index (χ3n) is 2.96. The van der Waals surface area contributed by atoms with Gasteiger partial charge >= 0.3 is 0 Å². The van der Waals surface area contributed by atoms with Gasteiger partial charge in [0.15, 0.2) is 0 Å². The van der Waals surface area contributed by atoms with Crippen molar-refractivity contribution < 1.29 is 4.39 Å². The molecule has 2 aromatic rings. The molecule has 1 aromatic carbocycles. The first kappa shape index (κ1) is 15.7. The molecule has 1 aromatic heterocycles. The molecular weight excluding hydrogens is 289 g/mol. The van der Waals surface area contributed by atoms with Gasteiger partial charge in [0.1, 0.15) is 17.5 Å². The van der Waals surface area contributed by atoms with Crippen LogP contribution < -0.4 is 5.32 Å². The van der Waals surface area contributed by atoms with Gasteiger partial charge < -0.3 is 5.32 Å². The van der Waals surface area contributed by atoms with E-state index in [0.717, 1.165) is 6.54 Å². The zero-order valence-electron chi connectivity index (χ0n) is 12.7. The first-order valence-electron chi connectivity index (χ1n) is 6.90. The maximum absolute atomic E-state index is 13.5. The maximum Gasteiger partial charge on any atom is 0.136 e. The Kier molecular flexibility index (Phi) is 4.47. The smallest absolute Gasteiger partial charge is 0.136 e. The molecule has 0 spiro atoms. The molecule has 1 heterocycles. The summed E-state index contributed by atoms with van der Waals surface area (Å²) in [4.78, 5) is 9.07. The fourth-order valence-electron chi connectivity index (χ4n) is 1.89. The molecule has 0 saturated carbocycles. The van der Waals surface area contributed by atoms with Crippen molar-refractivity contribution >= 4 is 17.4 Å². The average Bonchev–Trinajstić information content (AvgIpc) is 2.40. The lowest BCUT2D eigenvalue weighted by molar-refractivity contribution is 0.546. The van der Waals surface area contributed by atoms with Crippen molar-refractivity contribution in [2.75, 3.05) is 11.9 Å². The number of halogens is 2.